The standard InChI is InChI=1S/C17H17ClFNO/c1-12(15-8-3-4-9-16(15)19)20(2)17(21)14-7-5-6-13(10-14)11-18/h3-10,12H,11H2,1-2H3. The lowest BCUT2D eigenvalue weighted by Gasteiger charge is -2.26. The lowest BCUT2D eigenvalue weighted by Crippen LogP contribution is -2.30. The van der Waals surface area contributed by atoms with E-state index in [4.69, 9.17) is 11.6 Å². The van der Waals surface area contributed by atoms with E-state index in [2.05, 4.69) is 0 Å². The average molecular weight is 306 g/mol. The Bertz CT molecular complexity index is 644. The smallest absolute Gasteiger partial charge is 0.254 e. The van der Waals surface area contributed by atoms with Gasteiger partial charge < -0.3 is 4.90 Å². The second-order valence-electron chi connectivity index (χ2n) is 4.95. The normalized spacial score (nSPS) is 12.0. The van der Waals surface area contributed by atoms with Gasteiger partial charge in [-0.25, -0.2) is 4.39 Å². The molecule has 0 aliphatic heterocycles. The van der Waals surface area contributed by atoms with Gasteiger partial charge in [-0.2, -0.15) is 0 Å². The van der Waals surface area contributed by atoms with Crippen molar-refractivity contribution < 1.29 is 9.18 Å². The minimum Gasteiger partial charge on any atom is -0.335 e. The SMILES string of the molecule is CC(c1ccccc1F)N(C)C(=O)c1cccc(CCl)c1. The van der Waals surface area contributed by atoms with Crippen molar-refractivity contribution in [1.29, 1.82) is 0 Å². The van der Waals surface area contributed by atoms with Crippen LogP contribution >= 0.6 is 11.6 Å². The Hall–Kier alpha value is -1.87. The van der Waals surface area contributed by atoms with Crippen molar-refractivity contribution in [2.75, 3.05) is 7.05 Å². The summed E-state index contributed by atoms with van der Waals surface area (Å²) in [6.45, 7) is 1.81. The first-order valence-corrected chi connectivity index (χ1v) is 7.24. The Kier molecular flexibility index (Phi) is 4.97. The highest BCUT2D eigenvalue weighted by Crippen LogP contribution is 2.23. The van der Waals surface area contributed by atoms with Gasteiger partial charge in [-0.1, -0.05) is 30.3 Å². The van der Waals surface area contributed by atoms with Crippen LogP contribution in [0.15, 0.2) is 48.5 Å². The second kappa shape index (κ2) is 6.72. The fourth-order valence-corrected chi connectivity index (χ4v) is 2.36. The largest absolute Gasteiger partial charge is 0.335 e. The molecule has 4 heteroatoms. The van der Waals surface area contributed by atoms with E-state index in [-0.39, 0.29) is 17.8 Å². The van der Waals surface area contributed by atoms with Gasteiger partial charge in [0.15, 0.2) is 0 Å². The molecule has 21 heavy (non-hydrogen) atoms. The van der Waals surface area contributed by atoms with Gasteiger partial charge in [0.1, 0.15) is 5.82 Å². The van der Waals surface area contributed by atoms with Crippen LogP contribution in [0.2, 0.25) is 0 Å². The number of alkyl halides is 1. The van der Waals surface area contributed by atoms with E-state index in [1.54, 1.807) is 43.4 Å². The van der Waals surface area contributed by atoms with Gasteiger partial charge in [-0.3, -0.25) is 4.79 Å². The third-order valence-corrected chi connectivity index (χ3v) is 3.89. The molecule has 2 aromatic carbocycles. The number of benzene rings is 2. The monoisotopic (exact) mass is 305 g/mol. The quantitative estimate of drug-likeness (QED) is 0.767. The van der Waals surface area contributed by atoms with E-state index in [1.807, 2.05) is 13.0 Å². The van der Waals surface area contributed by atoms with E-state index in [1.165, 1.54) is 11.0 Å². The molecule has 1 atom stereocenters. The van der Waals surface area contributed by atoms with Crippen molar-refractivity contribution in [3.63, 3.8) is 0 Å². The zero-order chi connectivity index (χ0) is 15.4. The maximum atomic E-state index is 13.8. The van der Waals surface area contributed by atoms with E-state index in [0.29, 0.717) is 17.0 Å². The van der Waals surface area contributed by atoms with E-state index in [9.17, 15) is 9.18 Å². The third-order valence-electron chi connectivity index (χ3n) is 3.58. The zero-order valence-electron chi connectivity index (χ0n) is 12.0. The number of rotatable bonds is 4. The fourth-order valence-electron chi connectivity index (χ4n) is 2.19. The summed E-state index contributed by atoms with van der Waals surface area (Å²) in [6.07, 6.45) is 0. The van der Waals surface area contributed by atoms with Crippen molar-refractivity contribution in [1.82, 2.24) is 4.90 Å². The molecule has 0 heterocycles. The maximum Gasteiger partial charge on any atom is 0.254 e. The summed E-state index contributed by atoms with van der Waals surface area (Å²) in [5, 5.41) is 0. The van der Waals surface area contributed by atoms with Crippen molar-refractivity contribution in [2.45, 2.75) is 18.8 Å². The van der Waals surface area contributed by atoms with Gasteiger partial charge in [0.2, 0.25) is 0 Å². The number of amides is 1. The van der Waals surface area contributed by atoms with Crippen molar-refractivity contribution >= 4 is 17.5 Å². The molecular formula is C17H17ClFNO. The molecule has 0 radical (unpaired) electrons. The molecule has 2 rings (SSSR count). The van der Waals surface area contributed by atoms with Gasteiger partial charge in [-0.05, 0) is 30.7 Å². The van der Waals surface area contributed by atoms with Crippen molar-refractivity contribution in [3.8, 4) is 0 Å². The molecule has 1 amide bonds. The van der Waals surface area contributed by atoms with Gasteiger partial charge in [0.05, 0.1) is 6.04 Å². The molecule has 0 N–H and O–H groups in total. The van der Waals surface area contributed by atoms with Crippen molar-refractivity contribution in [3.05, 3.63) is 71.0 Å². The first-order valence-electron chi connectivity index (χ1n) is 6.71. The molecule has 0 saturated carbocycles. The molecule has 0 bridgehead atoms. The fraction of sp³-hybridized carbons (Fsp3) is 0.235. The third kappa shape index (κ3) is 3.42. The molecule has 110 valence electrons. The molecule has 1 unspecified atom stereocenters. The average Bonchev–Trinajstić information content (AvgIpc) is 2.53. The highest BCUT2D eigenvalue weighted by molar-refractivity contribution is 6.17. The summed E-state index contributed by atoms with van der Waals surface area (Å²) in [5.41, 5.74) is 1.94. The summed E-state index contributed by atoms with van der Waals surface area (Å²) < 4.78 is 13.8. The summed E-state index contributed by atoms with van der Waals surface area (Å²) in [5.74, 6) is -0.106. The molecule has 0 fully saturated rings. The minimum absolute atomic E-state index is 0.155. The van der Waals surface area contributed by atoms with Crippen LogP contribution < -0.4 is 0 Å². The van der Waals surface area contributed by atoms with Crippen LogP contribution in [0, 0.1) is 5.82 Å². The number of carbonyl (C=O) groups is 1. The first kappa shape index (κ1) is 15.5. The molecule has 0 saturated heterocycles. The van der Waals surface area contributed by atoms with Gasteiger partial charge in [0, 0.05) is 24.1 Å². The molecule has 0 aliphatic carbocycles. The van der Waals surface area contributed by atoms with Gasteiger partial charge in [0.25, 0.3) is 5.91 Å². The molecule has 2 nitrogen and oxygen atoms in total. The van der Waals surface area contributed by atoms with Gasteiger partial charge in [-0.15, -0.1) is 11.6 Å². The van der Waals surface area contributed by atoms with Crippen LogP contribution in [0.3, 0.4) is 0 Å². The predicted octanol–water partition coefficient (Wildman–Crippen LogP) is 4.40. The Balaban J connectivity index is 2.24. The summed E-state index contributed by atoms with van der Waals surface area (Å²) in [6, 6.07) is 13.3. The number of hydrogen-bond acceptors (Lipinski definition) is 1. The van der Waals surface area contributed by atoms with Crippen molar-refractivity contribution in [2.24, 2.45) is 0 Å². The van der Waals surface area contributed by atoms with Crippen LogP contribution in [-0.2, 0) is 5.88 Å². The molecule has 0 aromatic heterocycles. The number of nitrogens with zero attached hydrogens (tertiary/aromatic N) is 1. The predicted molar refractivity (Wildman–Crippen MR) is 82.9 cm³/mol. The zero-order valence-corrected chi connectivity index (χ0v) is 12.8. The first-order chi connectivity index (χ1) is 10.0. The number of halogens is 2. The second-order valence-corrected chi connectivity index (χ2v) is 5.21. The van der Waals surface area contributed by atoms with E-state index < -0.39 is 0 Å². The molecular weight excluding hydrogens is 289 g/mol. The number of carbonyl (C=O) groups excluding carboxylic acids is 1. The highest BCUT2D eigenvalue weighted by Gasteiger charge is 2.21. The topological polar surface area (TPSA) is 20.3 Å². The number of hydrogen-bond donors (Lipinski definition) is 0. The van der Waals surface area contributed by atoms with E-state index >= 15 is 0 Å². The van der Waals surface area contributed by atoms with Crippen LogP contribution in [0.25, 0.3) is 0 Å². The lowest BCUT2D eigenvalue weighted by molar-refractivity contribution is 0.0740. The Labute approximate surface area is 129 Å². The van der Waals surface area contributed by atoms with E-state index in [0.717, 1.165) is 5.56 Å². The Morgan fingerprint density at radius 2 is 1.95 bits per heavy atom. The Morgan fingerprint density at radius 3 is 2.62 bits per heavy atom. The summed E-state index contributed by atoms with van der Waals surface area (Å²) >= 11 is 5.79. The summed E-state index contributed by atoms with van der Waals surface area (Å²) in [7, 11) is 1.67. The molecule has 2 aromatic rings. The summed E-state index contributed by atoms with van der Waals surface area (Å²) in [4.78, 5) is 14.0. The lowest BCUT2D eigenvalue weighted by atomic mass is 10.0. The van der Waals surface area contributed by atoms with Crippen LogP contribution in [-0.4, -0.2) is 17.9 Å². The van der Waals surface area contributed by atoms with Crippen LogP contribution in [0.1, 0.15) is 34.5 Å². The molecule has 0 spiro atoms. The minimum atomic E-state index is -0.349. The maximum absolute atomic E-state index is 13.8. The Morgan fingerprint density at radius 1 is 1.24 bits per heavy atom. The van der Waals surface area contributed by atoms with Crippen LogP contribution in [0.4, 0.5) is 4.39 Å². The van der Waals surface area contributed by atoms with Gasteiger partial charge >= 0.3 is 0 Å². The molecule has 0 aliphatic rings. The highest BCUT2D eigenvalue weighted by atomic mass is 35.5. The van der Waals surface area contributed by atoms with Crippen LogP contribution in [0.5, 0.6) is 0 Å².